The maximum Gasteiger partial charge on any atom is 0.270 e. The molecule has 1 atom stereocenters. The van der Waals surface area contributed by atoms with Crippen molar-refractivity contribution in [3.63, 3.8) is 0 Å². The summed E-state index contributed by atoms with van der Waals surface area (Å²) in [4.78, 5) is 16.6. The highest BCUT2D eigenvalue weighted by Gasteiger charge is 2.23. The van der Waals surface area contributed by atoms with Crippen LogP contribution in [0, 0.1) is 0 Å². The Morgan fingerprint density at radius 2 is 2.05 bits per heavy atom. The van der Waals surface area contributed by atoms with Gasteiger partial charge in [-0.25, -0.2) is 0 Å². The average Bonchev–Trinajstić information content (AvgIpc) is 2.70. The zero-order valence-corrected chi connectivity index (χ0v) is 12.7. The normalized spacial score (nSPS) is 12.7. The van der Waals surface area contributed by atoms with Crippen LogP contribution in [0.1, 0.15) is 31.3 Å². The number of rotatable bonds is 6. The lowest BCUT2D eigenvalue weighted by atomic mass is 10.2. The minimum atomic E-state index is 0.0513. The molecule has 108 valence electrons. The summed E-state index contributed by atoms with van der Waals surface area (Å²) in [5.74, 6) is 0.0513. The molecule has 2 N–H and O–H groups in total. The Morgan fingerprint density at radius 1 is 1.42 bits per heavy atom. The summed E-state index contributed by atoms with van der Waals surface area (Å²) in [5.41, 5.74) is 7.11. The third-order valence-electron chi connectivity index (χ3n) is 3.24. The van der Waals surface area contributed by atoms with Gasteiger partial charge in [-0.1, -0.05) is 0 Å². The number of nitrogen functional groups attached to an aromatic ring is 1. The molecule has 0 saturated heterocycles. The first kappa shape index (κ1) is 15.6. The summed E-state index contributed by atoms with van der Waals surface area (Å²) in [6.07, 6.45) is 1.82. The summed E-state index contributed by atoms with van der Waals surface area (Å²) in [5, 5.41) is 0. The molecule has 5 heteroatoms. The summed E-state index contributed by atoms with van der Waals surface area (Å²) in [6.45, 7) is 8.38. The molecule has 0 bridgehead atoms. The van der Waals surface area contributed by atoms with Gasteiger partial charge >= 0.3 is 0 Å². The van der Waals surface area contributed by atoms with Crippen LogP contribution in [-0.2, 0) is 6.54 Å². The number of anilines is 1. The van der Waals surface area contributed by atoms with Crippen molar-refractivity contribution in [2.45, 2.75) is 33.4 Å². The number of aromatic nitrogens is 1. The molecule has 1 rings (SSSR count). The molecule has 1 aromatic rings. The van der Waals surface area contributed by atoms with E-state index in [1.54, 1.807) is 6.07 Å². The molecule has 1 aromatic heterocycles. The number of hydrogen-bond donors (Lipinski definition) is 1. The van der Waals surface area contributed by atoms with Crippen molar-refractivity contribution >= 4 is 11.6 Å². The Labute approximate surface area is 116 Å². The van der Waals surface area contributed by atoms with Crippen LogP contribution in [0.4, 0.5) is 5.69 Å². The second kappa shape index (κ2) is 6.61. The van der Waals surface area contributed by atoms with E-state index in [0.717, 1.165) is 13.1 Å². The van der Waals surface area contributed by atoms with Gasteiger partial charge in [-0.05, 0) is 40.9 Å². The third-order valence-corrected chi connectivity index (χ3v) is 3.24. The van der Waals surface area contributed by atoms with E-state index in [0.29, 0.717) is 17.9 Å². The topological polar surface area (TPSA) is 54.5 Å². The van der Waals surface area contributed by atoms with Gasteiger partial charge in [-0.2, -0.15) is 0 Å². The largest absolute Gasteiger partial charge is 0.397 e. The van der Waals surface area contributed by atoms with Crippen LogP contribution in [0.3, 0.4) is 0 Å². The molecule has 1 unspecified atom stereocenters. The summed E-state index contributed by atoms with van der Waals surface area (Å²) in [7, 11) is 4.03. The highest BCUT2D eigenvalue weighted by molar-refractivity contribution is 5.94. The summed E-state index contributed by atoms with van der Waals surface area (Å²) < 4.78 is 1.91. The van der Waals surface area contributed by atoms with Gasteiger partial charge in [-0.3, -0.25) is 4.79 Å². The number of aryl methyl sites for hydroxylation is 1. The molecule has 19 heavy (non-hydrogen) atoms. The fourth-order valence-electron chi connectivity index (χ4n) is 2.40. The predicted molar refractivity (Wildman–Crippen MR) is 79.2 cm³/mol. The van der Waals surface area contributed by atoms with Crippen molar-refractivity contribution in [3.8, 4) is 0 Å². The quantitative estimate of drug-likeness (QED) is 0.849. The van der Waals surface area contributed by atoms with E-state index in [9.17, 15) is 4.79 Å². The molecule has 0 aliphatic carbocycles. The van der Waals surface area contributed by atoms with Crippen LogP contribution in [0.25, 0.3) is 0 Å². The Bertz CT molecular complexity index is 425. The number of hydrogen-bond acceptors (Lipinski definition) is 3. The van der Waals surface area contributed by atoms with Crippen LogP contribution in [0.2, 0.25) is 0 Å². The van der Waals surface area contributed by atoms with Crippen molar-refractivity contribution in [2.75, 3.05) is 32.9 Å². The van der Waals surface area contributed by atoms with Gasteiger partial charge in [0.25, 0.3) is 5.91 Å². The minimum absolute atomic E-state index is 0.0513. The van der Waals surface area contributed by atoms with E-state index in [1.807, 2.05) is 43.6 Å². The number of likely N-dealkylation sites (N-methyl/N-ethyl adjacent to an activating group) is 2. The molecule has 0 aliphatic rings. The van der Waals surface area contributed by atoms with Crippen molar-refractivity contribution in [3.05, 3.63) is 18.0 Å². The van der Waals surface area contributed by atoms with Crippen LogP contribution in [0.5, 0.6) is 0 Å². The number of amides is 1. The zero-order valence-electron chi connectivity index (χ0n) is 12.7. The first-order valence-electron chi connectivity index (χ1n) is 6.82. The Kier molecular flexibility index (Phi) is 5.42. The van der Waals surface area contributed by atoms with Crippen molar-refractivity contribution in [2.24, 2.45) is 0 Å². The highest BCUT2D eigenvalue weighted by Crippen LogP contribution is 2.15. The molecule has 0 saturated carbocycles. The molecule has 0 fully saturated rings. The number of carbonyl (C=O) groups excluding carboxylic acids is 1. The number of nitrogens with two attached hydrogens (primary N) is 1. The minimum Gasteiger partial charge on any atom is -0.397 e. The van der Waals surface area contributed by atoms with E-state index in [4.69, 9.17) is 5.73 Å². The van der Waals surface area contributed by atoms with Crippen LogP contribution < -0.4 is 5.73 Å². The third kappa shape index (κ3) is 3.73. The van der Waals surface area contributed by atoms with E-state index >= 15 is 0 Å². The summed E-state index contributed by atoms with van der Waals surface area (Å²) >= 11 is 0. The van der Waals surface area contributed by atoms with E-state index in [-0.39, 0.29) is 11.9 Å². The van der Waals surface area contributed by atoms with Gasteiger partial charge < -0.3 is 20.1 Å². The van der Waals surface area contributed by atoms with Crippen LogP contribution in [0.15, 0.2) is 12.3 Å². The Balaban J connectivity index is 2.94. The Morgan fingerprint density at radius 3 is 2.53 bits per heavy atom. The molecule has 0 aliphatic heterocycles. The standard InChI is InChI=1S/C14H26N4O/c1-6-17-10-12(15)8-13(17)14(19)18(7-2)11(3)9-16(4)5/h8,10-11H,6-7,9,15H2,1-5H3. The first-order chi connectivity index (χ1) is 8.90. The lowest BCUT2D eigenvalue weighted by Crippen LogP contribution is -2.44. The van der Waals surface area contributed by atoms with E-state index in [2.05, 4.69) is 11.8 Å². The van der Waals surface area contributed by atoms with E-state index < -0.39 is 0 Å². The van der Waals surface area contributed by atoms with Crippen LogP contribution >= 0.6 is 0 Å². The first-order valence-corrected chi connectivity index (χ1v) is 6.82. The molecule has 0 aromatic carbocycles. The smallest absolute Gasteiger partial charge is 0.270 e. The molecule has 1 heterocycles. The van der Waals surface area contributed by atoms with Gasteiger partial charge in [0, 0.05) is 31.9 Å². The second-order valence-electron chi connectivity index (χ2n) is 5.15. The summed E-state index contributed by atoms with van der Waals surface area (Å²) in [6, 6.07) is 1.94. The maximum absolute atomic E-state index is 12.6. The van der Waals surface area contributed by atoms with Gasteiger partial charge in [0.05, 0.1) is 5.69 Å². The lowest BCUT2D eigenvalue weighted by molar-refractivity contribution is 0.0668. The molecule has 5 nitrogen and oxygen atoms in total. The van der Waals surface area contributed by atoms with E-state index in [1.165, 1.54) is 0 Å². The molecular weight excluding hydrogens is 240 g/mol. The van der Waals surface area contributed by atoms with Gasteiger partial charge in [-0.15, -0.1) is 0 Å². The molecule has 0 radical (unpaired) electrons. The van der Waals surface area contributed by atoms with Gasteiger partial charge in [0.1, 0.15) is 5.69 Å². The molecular formula is C14H26N4O. The monoisotopic (exact) mass is 266 g/mol. The maximum atomic E-state index is 12.6. The number of nitrogens with zero attached hydrogens (tertiary/aromatic N) is 3. The Hall–Kier alpha value is -1.49. The fraction of sp³-hybridized carbons (Fsp3) is 0.643. The van der Waals surface area contributed by atoms with Crippen molar-refractivity contribution < 1.29 is 4.79 Å². The predicted octanol–water partition coefficient (Wildman–Crippen LogP) is 1.50. The van der Waals surface area contributed by atoms with Crippen LogP contribution in [-0.4, -0.2) is 53.5 Å². The lowest BCUT2D eigenvalue weighted by Gasteiger charge is -2.30. The zero-order chi connectivity index (χ0) is 14.6. The van der Waals surface area contributed by atoms with Crippen molar-refractivity contribution in [1.82, 2.24) is 14.4 Å². The van der Waals surface area contributed by atoms with Gasteiger partial charge in [0.15, 0.2) is 0 Å². The fourth-order valence-corrected chi connectivity index (χ4v) is 2.40. The van der Waals surface area contributed by atoms with Gasteiger partial charge in [0.2, 0.25) is 0 Å². The second-order valence-corrected chi connectivity index (χ2v) is 5.15. The molecule has 0 spiro atoms. The van der Waals surface area contributed by atoms with Crippen molar-refractivity contribution in [1.29, 1.82) is 0 Å². The average molecular weight is 266 g/mol. The number of carbonyl (C=O) groups is 1. The highest BCUT2D eigenvalue weighted by atomic mass is 16.2. The molecule has 1 amide bonds. The SMILES string of the molecule is CCN(C(=O)c1cc(N)cn1CC)C(C)CN(C)C.